The molecule has 0 nitrogen and oxygen atoms in total. The standard InChI is InChI=1S/C21H20/c1-15-6-4-8-18(10-15)20-12-17(3)13-21(14-20)19-9-5-7-16(2)11-19/h4-14H,1-3H3. The van der Waals surface area contributed by atoms with Crippen LogP contribution in [0.3, 0.4) is 0 Å². The number of hydrogen-bond donors (Lipinski definition) is 0. The molecule has 0 heterocycles. The fourth-order valence-electron chi connectivity index (χ4n) is 2.77. The smallest absolute Gasteiger partial charge is 0.0175 e. The number of hydrogen-bond acceptors (Lipinski definition) is 0. The van der Waals surface area contributed by atoms with Crippen LogP contribution in [0.5, 0.6) is 0 Å². The topological polar surface area (TPSA) is 0 Å². The van der Waals surface area contributed by atoms with E-state index in [0.717, 1.165) is 0 Å². The lowest BCUT2D eigenvalue weighted by Gasteiger charge is -2.09. The molecule has 0 saturated heterocycles. The highest BCUT2D eigenvalue weighted by Crippen LogP contribution is 2.29. The van der Waals surface area contributed by atoms with Crippen LogP contribution in [-0.4, -0.2) is 0 Å². The molecule has 0 atom stereocenters. The van der Waals surface area contributed by atoms with E-state index >= 15 is 0 Å². The fourth-order valence-corrected chi connectivity index (χ4v) is 2.77. The van der Waals surface area contributed by atoms with E-state index in [1.54, 1.807) is 0 Å². The van der Waals surface area contributed by atoms with E-state index < -0.39 is 0 Å². The molecule has 0 spiro atoms. The monoisotopic (exact) mass is 272 g/mol. The molecule has 0 N–H and O–H groups in total. The van der Waals surface area contributed by atoms with Crippen molar-refractivity contribution in [2.24, 2.45) is 0 Å². The summed E-state index contributed by atoms with van der Waals surface area (Å²) in [6.45, 7) is 6.44. The second kappa shape index (κ2) is 5.57. The average Bonchev–Trinajstić information content (AvgIpc) is 2.46. The fraction of sp³-hybridized carbons (Fsp3) is 0.143. The largest absolute Gasteiger partial charge is 0.0614 e. The zero-order chi connectivity index (χ0) is 14.8. The minimum atomic E-state index is 1.28. The Bertz CT molecular complexity index is 718. The lowest BCUT2D eigenvalue weighted by Crippen LogP contribution is -1.86. The first kappa shape index (κ1) is 13.6. The van der Waals surface area contributed by atoms with Crippen LogP contribution in [0.4, 0.5) is 0 Å². The molecule has 3 aromatic carbocycles. The Labute approximate surface area is 127 Å². The Balaban J connectivity index is 2.12. The van der Waals surface area contributed by atoms with Crippen molar-refractivity contribution in [3.05, 3.63) is 83.4 Å². The molecule has 0 aromatic heterocycles. The van der Waals surface area contributed by atoms with Gasteiger partial charge in [0.1, 0.15) is 0 Å². The molecule has 0 unspecified atom stereocenters. The van der Waals surface area contributed by atoms with Gasteiger partial charge in [-0.05, 0) is 54.7 Å². The van der Waals surface area contributed by atoms with Crippen LogP contribution in [0, 0.1) is 20.8 Å². The van der Waals surface area contributed by atoms with Gasteiger partial charge in [-0.1, -0.05) is 71.8 Å². The molecule has 0 radical (unpaired) electrons. The molecular weight excluding hydrogens is 252 g/mol. The maximum absolute atomic E-state index is 2.29. The molecule has 0 aliphatic heterocycles. The molecule has 0 aliphatic rings. The summed E-state index contributed by atoms with van der Waals surface area (Å²) in [4.78, 5) is 0. The first-order valence-electron chi connectivity index (χ1n) is 7.37. The zero-order valence-electron chi connectivity index (χ0n) is 12.9. The van der Waals surface area contributed by atoms with Crippen LogP contribution in [-0.2, 0) is 0 Å². The first-order chi connectivity index (χ1) is 10.1. The van der Waals surface area contributed by atoms with Crippen molar-refractivity contribution in [3.8, 4) is 22.3 Å². The molecular formula is C21H20. The minimum absolute atomic E-state index is 1.28. The second-order valence-electron chi connectivity index (χ2n) is 5.83. The average molecular weight is 272 g/mol. The Hall–Kier alpha value is -2.34. The summed E-state index contributed by atoms with van der Waals surface area (Å²) in [6, 6.07) is 24.2. The highest BCUT2D eigenvalue weighted by atomic mass is 14.1. The van der Waals surface area contributed by atoms with Crippen LogP contribution in [0.15, 0.2) is 66.7 Å². The van der Waals surface area contributed by atoms with Crippen molar-refractivity contribution in [1.82, 2.24) is 0 Å². The summed E-state index contributed by atoms with van der Waals surface area (Å²) < 4.78 is 0. The summed E-state index contributed by atoms with van der Waals surface area (Å²) in [5.41, 5.74) is 9.04. The molecule has 104 valence electrons. The minimum Gasteiger partial charge on any atom is -0.0614 e. The van der Waals surface area contributed by atoms with Gasteiger partial charge in [0.05, 0.1) is 0 Å². The first-order valence-corrected chi connectivity index (χ1v) is 7.37. The molecule has 21 heavy (non-hydrogen) atoms. The maximum Gasteiger partial charge on any atom is -0.0175 e. The van der Waals surface area contributed by atoms with Crippen LogP contribution >= 0.6 is 0 Å². The predicted molar refractivity (Wildman–Crippen MR) is 91.5 cm³/mol. The van der Waals surface area contributed by atoms with Gasteiger partial charge >= 0.3 is 0 Å². The van der Waals surface area contributed by atoms with Gasteiger partial charge in [-0.3, -0.25) is 0 Å². The van der Waals surface area contributed by atoms with Crippen molar-refractivity contribution in [3.63, 3.8) is 0 Å². The lowest BCUT2D eigenvalue weighted by atomic mass is 9.95. The molecule has 0 saturated carbocycles. The van der Waals surface area contributed by atoms with Gasteiger partial charge < -0.3 is 0 Å². The summed E-state index contributed by atoms with van der Waals surface area (Å²) >= 11 is 0. The second-order valence-corrected chi connectivity index (χ2v) is 5.83. The van der Waals surface area contributed by atoms with Gasteiger partial charge in [-0.2, -0.15) is 0 Å². The van der Waals surface area contributed by atoms with Gasteiger partial charge in [-0.15, -0.1) is 0 Å². The van der Waals surface area contributed by atoms with Crippen molar-refractivity contribution < 1.29 is 0 Å². The number of rotatable bonds is 2. The third kappa shape index (κ3) is 3.05. The molecule has 0 aliphatic carbocycles. The SMILES string of the molecule is Cc1cccc(-c2cc(C)cc(-c3cccc(C)c3)c2)c1. The normalized spacial score (nSPS) is 10.6. The Morgan fingerprint density at radius 1 is 0.429 bits per heavy atom. The highest BCUT2D eigenvalue weighted by Gasteiger charge is 2.04. The Kier molecular flexibility index (Phi) is 3.62. The van der Waals surface area contributed by atoms with Crippen molar-refractivity contribution in [2.75, 3.05) is 0 Å². The lowest BCUT2D eigenvalue weighted by molar-refractivity contribution is 1.42. The van der Waals surface area contributed by atoms with Gasteiger partial charge in [0.2, 0.25) is 0 Å². The van der Waals surface area contributed by atoms with Crippen LogP contribution in [0.2, 0.25) is 0 Å². The Morgan fingerprint density at radius 2 is 0.857 bits per heavy atom. The van der Waals surface area contributed by atoms with Gasteiger partial charge in [-0.25, -0.2) is 0 Å². The quantitative estimate of drug-likeness (QED) is 0.541. The van der Waals surface area contributed by atoms with Crippen molar-refractivity contribution in [2.45, 2.75) is 20.8 Å². The summed E-state index contributed by atoms with van der Waals surface area (Å²) in [6.07, 6.45) is 0. The molecule has 0 heteroatoms. The summed E-state index contributed by atoms with van der Waals surface area (Å²) in [7, 11) is 0. The molecule has 0 fully saturated rings. The molecule has 3 aromatic rings. The molecule has 3 rings (SSSR count). The molecule has 0 bridgehead atoms. The van der Waals surface area contributed by atoms with E-state index in [4.69, 9.17) is 0 Å². The van der Waals surface area contributed by atoms with Crippen LogP contribution in [0.25, 0.3) is 22.3 Å². The number of benzene rings is 3. The highest BCUT2D eigenvalue weighted by molar-refractivity contribution is 5.74. The summed E-state index contributed by atoms with van der Waals surface area (Å²) in [5.74, 6) is 0. The van der Waals surface area contributed by atoms with Crippen molar-refractivity contribution in [1.29, 1.82) is 0 Å². The third-order valence-electron chi connectivity index (χ3n) is 3.78. The van der Waals surface area contributed by atoms with E-state index in [2.05, 4.69) is 87.5 Å². The van der Waals surface area contributed by atoms with Gasteiger partial charge in [0.15, 0.2) is 0 Å². The van der Waals surface area contributed by atoms with Crippen molar-refractivity contribution >= 4 is 0 Å². The van der Waals surface area contributed by atoms with Gasteiger partial charge in [0, 0.05) is 0 Å². The number of aryl methyl sites for hydroxylation is 3. The predicted octanol–water partition coefficient (Wildman–Crippen LogP) is 5.95. The van der Waals surface area contributed by atoms with Crippen LogP contribution < -0.4 is 0 Å². The van der Waals surface area contributed by atoms with E-state index in [1.165, 1.54) is 38.9 Å². The van der Waals surface area contributed by atoms with E-state index in [1.807, 2.05) is 0 Å². The molecule has 0 amide bonds. The maximum atomic E-state index is 2.29. The van der Waals surface area contributed by atoms with E-state index in [-0.39, 0.29) is 0 Å². The Morgan fingerprint density at radius 3 is 1.29 bits per heavy atom. The van der Waals surface area contributed by atoms with Gasteiger partial charge in [0.25, 0.3) is 0 Å². The van der Waals surface area contributed by atoms with E-state index in [9.17, 15) is 0 Å². The third-order valence-corrected chi connectivity index (χ3v) is 3.78. The van der Waals surface area contributed by atoms with Crippen LogP contribution in [0.1, 0.15) is 16.7 Å². The zero-order valence-corrected chi connectivity index (χ0v) is 12.9. The van der Waals surface area contributed by atoms with E-state index in [0.29, 0.717) is 0 Å². The summed E-state index contributed by atoms with van der Waals surface area (Å²) in [5, 5.41) is 0.